The molecule has 0 aromatic heterocycles. The van der Waals surface area contributed by atoms with E-state index < -0.39 is 0 Å². The number of allylic oxidation sites excluding steroid dienone is 1. The van der Waals surface area contributed by atoms with Crippen LogP contribution in [-0.2, 0) is 4.74 Å². The molecular formula is C16H14O3. The molecule has 0 unspecified atom stereocenters. The van der Waals surface area contributed by atoms with E-state index in [1.807, 2.05) is 30.3 Å². The number of para-hydroxylation sites is 1. The van der Waals surface area contributed by atoms with Gasteiger partial charge in [-0.1, -0.05) is 42.5 Å². The summed E-state index contributed by atoms with van der Waals surface area (Å²) in [5, 5.41) is 9.65. The molecule has 0 amide bonds. The SMILES string of the molecule is CO/C(=C\C(=O)c1ccccc1O)c1ccccc1. The Morgan fingerprint density at radius 1 is 1.05 bits per heavy atom. The number of ketones is 1. The van der Waals surface area contributed by atoms with E-state index in [0.717, 1.165) is 5.56 Å². The van der Waals surface area contributed by atoms with Crippen molar-refractivity contribution in [2.45, 2.75) is 0 Å². The number of hydrogen-bond acceptors (Lipinski definition) is 3. The van der Waals surface area contributed by atoms with E-state index in [1.165, 1.54) is 19.3 Å². The van der Waals surface area contributed by atoms with Gasteiger partial charge in [0.2, 0.25) is 0 Å². The number of phenolic OH excluding ortho intramolecular Hbond substituents is 1. The number of carbonyl (C=O) groups is 1. The van der Waals surface area contributed by atoms with Crippen LogP contribution in [0, 0.1) is 0 Å². The summed E-state index contributed by atoms with van der Waals surface area (Å²) in [6, 6.07) is 15.8. The first kappa shape index (κ1) is 12.9. The average Bonchev–Trinajstić information content (AvgIpc) is 2.46. The van der Waals surface area contributed by atoms with Crippen molar-refractivity contribution in [2.75, 3.05) is 7.11 Å². The zero-order valence-corrected chi connectivity index (χ0v) is 10.5. The standard InChI is InChI=1S/C16H14O3/c1-19-16(12-7-3-2-4-8-12)11-15(18)13-9-5-6-10-14(13)17/h2-11,17H,1H3/b16-11-. The van der Waals surface area contributed by atoms with Crippen LogP contribution in [-0.4, -0.2) is 18.0 Å². The smallest absolute Gasteiger partial charge is 0.193 e. The van der Waals surface area contributed by atoms with Crippen LogP contribution in [0.15, 0.2) is 60.7 Å². The van der Waals surface area contributed by atoms with Gasteiger partial charge in [-0.25, -0.2) is 0 Å². The number of ether oxygens (including phenoxy) is 1. The first-order chi connectivity index (χ1) is 9.22. The Morgan fingerprint density at radius 2 is 1.68 bits per heavy atom. The molecule has 3 nitrogen and oxygen atoms in total. The number of phenols is 1. The van der Waals surface area contributed by atoms with Crippen molar-refractivity contribution >= 4 is 11.5 Å². The van der Waals surface area contributed by atoms with E-state index in [9.17, 15) is 9.90 Å². The molecule has 2 rings (SSSR count). The largest absolute Gasteiger partial charge is 0.507 e. The molecule has 0 saturated heterocycles. The molecule has 2 aromatic rings. The van der Waals surface area contributed by atoms with Gasteiger partial charge in [0, 0.05) is 11.6 Å². The van der Waals surface area contributed by atoms with E-state index in [4.69, 9.17) is 4.74 Å². The zero-order chi connectivity index (χ0) is 13.7. The summed E-state index contributed by atoms with van der Waals surface area (Å²) < 4.78 is 5.23. The molecule has 19 heavy (non-hydrogen) atoms. The predicted octanol–water partition coefficient (Wildman–Crippen LogP) is 3.26. The lowest BCUT2D eigenvalue weighted by Gasteiger charge is -2.06. The molecule has 0 aliphatic carbocycles. The third kappa shape index (κ3) is 3.01. The average molecular weight is 254 g/mol. The van der Waals surface area contributed by atoms with Crippen molar-refractivity contribution in [1.82, 2.24) is 0 Å². The number of aromatic hydroxyl groups is 1. The summed E-state index contributed by atoms with van der Waals surface area (Å²) in [6.45, 7) is 0. The van der Waals surface area contributed by atoms with Crippen LogP contribution < -0.4 is 0 Å². The zero-order valence-electron chi connectivity index (χ0n) is 10.5. The molecule has 0 saturated carbocycles. The molecule has 0 heterocycles. The van der Waals surface area contributed by atoms with Gasteiger partial charge in [-0.3, -0.25) is 4.79 Å². The third-order valence-corrected chi connectivity index (χ3v) is 2.71. The number of rotatable bonds is 4. The highest BCUT2D eigenvalue weighted by molar-refractivity contribution is 6.09. The molecule has 96 valence electrons. The summed E-state index contributed by atoms with van der Waals surface area (Å²) in [6.07, 6.45) is 1.38. The summed E-state index contributed by atoms with van der Waals surface area (Å²) in [5.74, 6) is 0.139. The quantitative estimate of drug-likeness (QED) is 0.517. The van der Waals surface area contributed by atoms with Gasteiger partial charge in [-0.2, -0.15) is 0 Å². The van der Waals surface area contributed by atoms with E-state index in [1.54, 1.807) is 18.2 Å². The van der Waals surface area contributed by atoms with Gasteiger partial charge in [-0.15, -0.1) is 0 Å². The first-order valence-electron chi connectivity index (χ1n) is 5.86. The minimum atomic E-state index is -0.293. The lowest BCUT2D eigenvalue weighted by Crippen LogP contribution is -1.98. The van der Waals surface area contributed by atoms with Crippen LogP contribution >= 0.6 is 0 Å². The van der Waals surface area contributed by atoms with E-state index in [2.05, 4.69) is 0 Å². The third-order valence-electron chi connectivity index (χ3n) is 2.71. The normalized spacial score (nSPS) is 11.1. The highest BCUT2D eigenvalue weighted by atomic mass is 16.5. The van der Waals surface area contributed by atoms with Crippen molar-refractivity contribution < 1.29 is 14.6 Å². The number of carbonyl (C=O) groups excluding carboxylic acids is 1. The first-order valence-corrected chi connectivity index (χ1v) is 5.86. The fourth-order valence-electron chi connectivity index (χ4n) is 1.74. The Morgan fingerprint density at radius 3 is 2.32 bits per heavy atom. The monoisotopic (exact) mass is 254 g/mol. The maximum atomic E-state index is 12.1. The van der Waals surface area contributed by atoms with Crippen LogP contribution in [0.4, 0.5) is 0 Å². The van der Waals surface area contributed by atoms with Crippen LogP contribution in [0.3, 0.4) is 0 Å². The molecule has 0 fully saturated rings. The van der Waals surface area contributed by atoms with Gasteiger partial charge in [-0.05, 0) is 12.1 Å². The van der Waals surface area contributed by atoms with Crippen molar-refractivity contribution in [2.24, 2.45) is 0 Å². The van der Waals surface area contributed by atoms with Gasteiger partial charge in [0.1, 0.15) is 11.5 Å². The molecule has 0 aliphatic heterocycles. The van der Waals surface area contributed by atoms with Crippen molar-refractivity contribution in [3.63, 3.8) is 0 Å². The Bertz CT molecular complexity index is 600. The second kappa shape index (κ2) is 5.87. The Hall–Kier alpha value is -2.55. The maximum Gasteiger partial charge on any atom is 0.193 e. The van der Waals surface area contributed by atoms with Crippen molar-refractivity contribution in [3.05, 3.63) is 71.8 Å². The van der Waals surface area contributed by atoms with Crippen LogP contribution in [0.2, 0.25) is 0 Å². The Kier molecular flexibility index (Phi) is 3.98. The number of methoxy groups -OCH3 is 1. The Balaban J connectivity index is 2.34. The van der Waals surface area contributed by atoms with E-state index >= 15 is 0 Å². The van der Waals surface area contributed by atoms with Crippen molar-refractivity contribution in [1.29, 1.82) is 0 Å². The summed E-state index contributed by atoms with van der Waals surface area (Å²) in [4.78, 5) is 12.1. The fourth-order valence-corrected chi connectivity index (χ4v) is 1.74. The van der Waals surface area contributed by atoms with Gasteiger partial charge in [0.25, 0.3) is 0 Å². The predicted molar refractivity (Wildman–Crippen MR) is 73.9 cm³/mol. The highest BCUT2D eigenvalue weighted by Gasteiger charge is 2.10. The minimum absolute atomic E-state index is 0.0349. The summed E-state index contributed by atoms with van der Waals surface area (Å²) in [5.41, 5.74) is 1.07. The lowest BCUT2D eigenvalue weighted by molar-refractivity contribution is 0.104. The molecule has 3 heteroatoms. The molecule has 0 atom stereocenters. The van der Waals surface area contributed by atoms with E-state index in [0.29, 0.717) is 5.76 Å². The molecule has 0 aliphatic rings. The number of benzene rings is 2. The minimum Gasteiger partial charge on any atom is -0.507 e. The fraction of sp³-hybridized carbons (Fsp3) is 0.0625. The van der Waals surface area contributed by atoms with Gasteiger partial charge in [0.05, 0.1) is 12.7 Å². The molecular weight excluding hydrogens is 240 g/mol. The second-order valence-corrected chi connectivity index (χ2v) is 3.96. The van der Waals surface area contributed by atoms with Crippen LogP contribution in [0.5, 0.6) is 5.75 Å². The lowest BCUT2D eigenvalue weighted by atomic mass is 10.1. The summed E-state index contributed by atoms with van der Waals surface area (Å²) >= 11 is 0. The molecule has 1 N–H and O–H groups in total. The molecule has 0 radical (unpaired) electrons. The second-order valence-electron chi connectivity index (χ2n) is 3.96. The molecule has 2 aromatic carbocycles. The van der Waals surface area contributed by atoms with Crippen LogP contribution in [0.1, 0.15) is 15.9 Å². The molecule has 0 bridgehead atoms. The van der Waals surface area contributed by atoms with Gasteiger partial charge in [0.15, 0.2) is 5.78 Å². The number of hydrogen-bond donors (Lipinski definition) is 1. The maximum absolute atomic E-state index is 12.1. The molecule has 0 spiro atoms. The topological polar surface area (TPSA) is 46.5 Å². The Labute approximate surface area is 111 Å². The van der Waals surface area contributed by atoms with E-state index in [-0.39, 0.29) is 17.1 Å². The van der Waals surface area contributed by atoms with Gasteiger partial charge < -0.3 is 9.84 Å². The summed E-state index contributed by atoms with van der Waals surface area (Å²) in [7, 11) is 1.51. The van der Waals surface area contributed by atoms with Crippen molar-refractivity contribution in [3.8, 4) is 5.75 Å². The highest BCUT2D eigenvalue weighted by Crippen LogP contribution is 2.20. The van der Waals surface area contributed by atoms with Gasteiger partial charge >= 0.3 is 0 Å². The van der Waals surface area contributed by atoms with Crippen LogP contribution in [0.25, 0.3) is 5.76 Å².